The molecule has 1 saturated carbocycles. The Balaban J connectivity index is 1.83. The first-order valence-electron chi connectivity index (χ1n) is 8.09. The molecule has 22 heavy (non-hydrogen) atoms. The molecular weight excluding hydrogens is 282 g/mol. The molecular formula is C16H25N3O3. The van der Waals surface area contributed by atoms with Crippen molar-refractivity contribution in [3.63, 3.8) is 0 Å². The van der Waals surface area contributed by atoms with Crippen LogP contribution in [0.5, 0.6) is 0 Å². The number of likely N-dealkylation sites (tertiary alicyclic amines) is 1. The third kappa shape index (κ3) is 4.20. The molecule has 6 heteroatoms. The number of nitriles is 1. The summed E-state index contributed by atoms with van der Waals surface area (Å²) in [6.45, 7) is 5.57. The van der Waals surface area contributed by atoms with E-state index in [0.29, 0.717) is 13.2 Å². The summed E-state index contributed by atoms with van der Waals surface area (Å²) in [6.07, 6.45) is 3.70. The number of nitrogens with one attached hydrogen (secondary N) is 1. The van der Waals surface area contributed by atoms with Gasteiger partial charge in [0.15, 0.2) is 0 Å². The van der Waals surface area contributed by atoms with Crippen LogP contribution >= 0.6 is 0 Å². The zero-order valence-electron chi connectivity index (χ0n) is 13.4. The van der Waals surface area contributed by atoms with Gasteiger partial charge in [0.05, 0.1) is 25.1 Å². The predicted molar refractivity (Wildman–Crippen MR) is 80.7 cm³/mol. The number of hydrogen-bond acceptors (Lipinski definition) is 5. The average Bonchev–Trinajstić information content (AvgIpc) is 3.32. The monoisotopic (exact) mass is 307 g/mol. The molecule has 0 radical (unpaired) electrons. The quantitative estimate of drug-likeness (QED) is 0.742. The van der Waals surface area contributed by atoms with Crippen LogP contribution in [-0.2, 0) is 14.3 Å². The van der Waals surface area contributed by atoms with Crippen LogP contribution in [0, 0.1) is 23.2 Å². The smallest absolute Gasteiger partial charge is 0.310 e. The zero-order chi connectivity index (χ0) is 16.2. The van der Waals surface area contributed by atoms with Gasteiger partial charge in [0.1, 0.15) is 5.54 Å². The second kappa shape index (κ2) is 7.10. The lowest BCUT2D eigenvalue weighted by atomic mass is 9.97. The topological polar surface area (TPSA) is 82.4 Å². The van der Waals surface area contributed by atoms with Gasteiger partial charge in [-0.25, -0.2) is 0 Å². The second-order valence-corrected chi connectivity index (χ2v) is 6.46. The van der Waals surface area contributed by atoms with E-state index in [0.717, 1.165) is 32.2 Å². The Morgan fingerprint density at radius 3 is 2.73 bits per heavy atom. The Morgan fingerprint density at radius 2 is 2.14 bits per heavy atom. The van der Waals surface area contributed by atoms with Crippen LogP contribution in [-0.4, -0.2) is 48.6 Å². The highest BCUT2D eigenvalue weighted by molar-refractivity contribution is 5.79. The van der Waals surface area contributed by atoms with E-state index in [2.05, 4.69) is 11.4 Å². The standard InChI is InChI=1S/C16H25N3O3/c1-3-22-15(21)12-5-4-8-19(9-12)10-14(20)18-16(2,11-17)13-6-7-13/h12-13H,3-10H2,1-2H3,(H,18,20)/t12-,16-/m1/s1. The predicted octanol–water partition coefficient (Wildman–Crippen LogP) is 1.07. The summed E-state index contributed by atoms with van der Waals surface area (Å²) >= 11 is 0. The fraction of sp³-hybridized carbons (Fsp3) is 0.812. The number of carbonyl (C=O) groups excluding carboxylic acids is 2. The summed E-state index contributed by atoms with van der Waals surface area (Å²) in [5, 5.41) is 12.1. The average molecular weight is 307 g/mol. The molecule has 2 fully saturated rings. The number of ether oxygens (including phenoxy) is 1. The van der Waals surface area contributed by atoms with E-state index in [1.54, 1.807) is 13.8 Å². The number of esters is 1. The van der Waals surface area contributed by atoms with Crippen molar-refractivity contribution >= 4 is 11.9 Å². The Morgan fingerprint density at radius 1 is 1.41 bits per heavy atom. The maximum atomic E-state index is 12.2. The molecule has 1 aliphatic heterocycles. The van der Waals surface area contributed by atoms with Gasteiger partial charge in [-0.15, -0.1) is 0 Å². The third-order valence-electron chi connectivity index (χ3n) is 4.52. The van der Waals surface area contributed by atoms with Crippen molar-refractivity contribution in [2.24, 2.45) is 11.8 Å². The summed E-state index contributed by atoms with van der Waals surface area (Å²) in [4.78, 5) is 26.0. The van der Waals surface area contributed by atoms with Gasteiger partial charge in [0.2, 0.25) is 5.91 Å². The molecule has 0 spiro atoms. The van der Waals surface area contributed by atoms with Crippen molar-refractivity contribution in [1.29, 1.82) is 5.26 Å². The normalized spacial score (nSPS) is 24.9. The molecule has 2 atom stereocenters. The van der Waals surface area contributed by atoms with Crippen LogP contribution in [0.4, 0.5) is 0 Å². The molecule has 0 unspecified atom stereocenters. The highest BCUT2D eigenvalue weighted by Crippen LogP contribution is 2.39. The van der Waals surface area contributed by atoms with Gasteiger partial charge in [-0.3, -0.25) is 14.5 Å². The zero-order valence-corrected chi connectivity index (χ0v) is 13.4. The summed E-state index contributed by atoms with van der Waals surface area (Å²) < 4.78 is 5.06. The van der Waals surface area contributed by atoms with Crippen molar-refractivity contribution in [2.45, 2.75) is 45.1 Å². The van der Waals surface area contributed by atoms with Crippen molar-refractivity contribution in [2.75, 3.05) is 26.2 Å². The van der Waals surface area contributed by atoms with E-state index < -0.39 is 5.54 Å². The number of nitrogens with zero attached hydrogens (tertiary/aromatic N) is 2. The molecule has 0 aromatic carbocycles. The Hall–Kier alpha value is -1.61. The first-order chi connectivity index (χ1) is 10.5. The molecule has 1 amide bonds. The van der Waals surface area contributed by atoms with Gasteiger partial charge < -0.3 is 10.1 Å². The molecule has 1 heterocycles. The maximum absolute atomic E-state index is 12.2. The number of amides is 1. The third-order valence-corrected chi connectivity index (χ3v) is 4.52. The number of piperidine rings is 1. The van der Waals surface area contributed by atoms with Gasteiger partial charge in [0.25, 0.3) is 0 Å². The molecule has 0 aromatic rings. The van der Waals surface area contributed by atoms with Crippen molar-refractivity contribution in [3.8, 4) is 6.07 Å². The number of rotatable bonds is 6. The minimum atomic E-state index is -0.757. The van der Waals surface area contributed by atoms with Gasteiger partial charge in [0, 0.05) is 6.54 Å². The Labute approximate surface area is 131 Å². The summed E-state index contributed by atoms with van der Waals surface area (Å²) in [7, 11) is 0. The summed E-state index contributed by atoms with van der Waals surface area (Å²) in [5.74, 6) is -0.185. The maximum Gasteiger partial charge on any atom is 0.310 e. The van der Waals surface area contributed by atoms with Crippen LogP contribution in [0.15, 0.2) is 0 Å². The van der Waals surface area contributed by atoms with Crippen molar-refractivity contribution in [3.05, 3.63) is 0 Å². The van der Waals surface area contributed by atoms with Crippen LogP contribution in [0.25, 0.3) is 0 Å². The Kier molecular flexibility index (Phi) is 5.41. The fourth-order valence-corrected chi connectivity index (χ4v) is 3.07. The van der Waals surface area contributed by atoms with Gasteiger partial charge >= 0.3 is 5.97 Å². The number of carbonyl (C=O) groups is 2. The van der Waals surface area contributed by atoms with Crippen molar-refractivity contribution in [1.82, 2.24) is 10.2 Å². The first kappa shape index (κ1) is 16.8. The molecule has 6 nitrogen and oxygen atoms in total. The van der Waals surface area contributed by atoms with Gasteiger partial charge in [-0.1, -0.05) is 0 Å². The highest BCUT2D eigenvalue weighted by atomic mass is 16.5. The largest absolute Gasteiger partial charge is 0.466 e. The van der Waals surface area contributed by atoms with Crippen molar-refractivity contribution < 1.29 is 14.3 Å². The highest BCUT2D eigenvalue weighted by Gasteiger charge is 2.43. The van der Waals surface area contributed by atoms with E-state index in [1.807, 2.05) is 4.90 Å². The molecule has 0 aromatic heterocycles. The molecule has 1 saturated heterocycles. The van der Waals surface area contributed by atoms with E-state index in [9.17, 15) is 14.9 Å². The van der Waals surface area contributed by atoms with E-state index >= 15 is 0 Å². The van der Waals surface area contributed by atoms with E-state index in [4.69, 9.17) is 4.74 Å². The lowest BCUT2D eigenvalue weighted by Gasteiger charge is -2.32. The molecule has 1 aliphatic carbocycles. The molecule has 2 rings (SSSR count). The molecule has 122 valence electrons. The second-order valence-electron chi connectivity index (χ2n) is 6.46. The summed E-state index contributed by atoms with van der Waals surface area (Å²) in [6, 6.07) is 2.23. The molecule has 0 bridgehead atoms. The van der Waals surface area contributed by atoms with Gasteiger partial charge in [-0.2, -0.15) is 5.26 Å². The SMILES string of the molecule is CCOC(=O)[C@@H]1CCCN(CC(=O)N[C@](C)(C#N)C2CC2)C1. The lowest BCUT2D eigenvalue weighted by molar-refractivity contribution is -0.150. The minimum absolute atomic E-state index is 0.138. The van der Waals surface area contributed by atoms with Crippen LogP contribution in [0.2, 0.25) is 0 Å². The molecule has 1 N–H and O–H groups in total. The van der Waals surface area contributed by atoms with Crippen LogP contribution in [0.1, 0.15) is 39.5 Å². The minimum Gasteiger partial charge on any atom is -0.466 e. The van der Waals surface area contributed by atoms with Crippen LogP contribution in [0.3, 0.4) is 0 Å². The fourth-order valence-electron chi connectivity index (χ4n) is 3.07. The number of hydrogen-bond donors (Lipinski definition) is 1. The molecule has 2 aliphatic rings. The van der Waals surface area contributed by atoms with Gasteiger partial charge in [-0.05, 0) is 52.0 Å². The Bertz CT molecular complexity index is 470. The lowest BCUT2D eigenvalue weighted by Crippen LogP contribution is -2.51. The van der Waals surface area contributed by atoms with E-state index in [-0.39, 0.29) is 30.3 Å². The van der Waals surface area contributed by atoms with Crippen LogP contribution < -0.4 is 5.32 Å². The first-order valence-corrected chi connectivity index (χ1v) is 8.09. The van der Waals surface area contributed by atoms with E-state index in [1.165, 1.54) is 0 Å². The summed E-state index contributed by atoms with van der Waals surface area (Å²) in [5.41, 5.74) is -0.757.